The van der Waals surface area contributed by atoms with Gasteiger partial charge in [-0.05, 0) is 31.2 Å². The zero-order valence-corrected chi connectivity index (χ0v) is 9.80. The van der Waals surface area contributed by atoms with Gasteiger partial charge in [0.2, 0.25) is 5.78 Å². The molecule has 1 aromatic rings. The van der Waals surface area contributed by atoms with Crippen LogP contribution in [0.25, 0.3) is 0 Å². The van der Waals surface area contributed by atoms with Crippen LogP contribution in [0.15, 0.2) is 35.5 Å². The first-order valence-corrected chi connectivity index (χ1v) is 5.11. The van der Waals surface area contributed by atoms with E-state index in [4.69, 9.17) is 21.0 Å². The Balaban J connectivity index is 2.66. The molecule has 0 unspecified atom stereocenters. The molecule has 0 aliphatic rings. The van der Waals surface area contributed by atoms with Crippen LogP contribution in [0.2, 0.25) is 0 Å². The van der Waals surface area contributed by atoms with E-state index < -0.39 is 5.78 Å². The molecule has 0 radical (unpaired) electrons. The molecule has 90 valence electrons. The van der Waals surface area contributed by atoms with Crippen molar-refractivity contribution in [2.75, 3.05) is 6.61 Å². The topological polar surface area (TPSA) is 99.9 Å². The molecule has 0 saturated carbocycles. The number of benzene rings is 1. The van der Waals surface area contributed by atoms with Crippen LogP contribution in [0, 0.1) is 22.7 Å². The maximum absolute atomic E-state index is 11.6. The van der Waals surface area contributed by atoms with Crippen LogP contribution >= 0.6 is 0 Å². The molecule has 0 fully saturated rings. The Hall–Kier alpha value is -2.79. The van der Waals surface area contributed by atoms with Crippen LogP contribution < -0.4 is 10.5 Å². The van der Waals surface area contributed by atoms with E-state index in [1.165, 1.54) is 6.92 Å². The van der Waals surface area contributed by atoms with Crippen LogP contribution in [0.3, 0.4) is 0 Å². The minimum atomic E-state index is -0.471. The first-order valence-electron chi connectivity index (χ1n) is 5.11. The van der Waals surface area contributed by atoms with E-state index in [9.17, 15) is 4.79 Å². The third-order valence-corrected chi connectivity index (χ3v) is 2.14. The second kappa shape index (κ2) is 6.07. The largest absolute Gasteiger partial charge is 0.485 e. The first-order chi connectivity index (χ1) is 8.58. The zero-order chi connectivity index (χ0) is 13.5. The monoisotopic (exact) mass is 241 g/mol. The van der Waals surface area contributed by atoms with Crippen LogP contribution in [0.4, 0.5) is 0 Å². The molecule has 0 atom stereocenters. The Morgan fingerprint density at radius 1 is 1.33 bits per heavy atom. The number of hydrogen-bond acceptors (Lipinski definition) is 5. The molecule has 0 amide bonds. The van der Waals surface area contributed by atoms with E-state index in [1.807, 2.05) is 6.07 Å². The maximum Gasteiger partial charge on any atom is 0.212 e. The van der Waals surface area contributed by atoms with Crippen molar-refractivity contribution in [1.29, 1.82) is 10.5 Å². The van der Waals surface area contributed by atoms with Gasteiger partial charge in [0.05, 0.1) is 11.6 Å². The van der Waals surface area contributed by atoms with Crippen molar-refractivity contribution in [2.24, 2.45) is 5.73 Å². The number of carbonyl (C=O) groups is 1. The van der Waals surface area contributed by atoms with Gasteiger partial charge in [0.25, 0.3) is 0 Å². The van der Waals surface area contributed by atoms with Gasteiger partial charge in [-0.1, -0.05) is 0 Å². The predicted molar refractivity (Wildman–Crippen MR) is 64.2 cm³/mol. The van der Waals surface area contributed by atoms with Crippen molar-refractivity contribution in [3.63, 3.8) is 0 Å². The van der Waals surface area contributed by atoms with Crippen molar-refractivity contribution < 1.29 is 9.53 Å². The molecule has 0 aromatic heterocycles. The SMILES string of the molecule is CC(N)=C(C#N)C(=O)COc1ccc(C#N)cc1. The van der Waals surface area contributed by atoms with Gasteiger partial charge in [-0.3, -0.25) is 4.79 Å². The highest BCUT2D eigenvalue weighted by molar-refractivity contribution is 6.00. The van der Waals surface area contributed by atoms with Gasteiger partial charge in [0.1, 0.15) is 17.4 Å². The van der Waals surface area contributed by atoms with Gasteiger partial charge in [-0.15, -0.1) is 0 Å². The highest BCUT2D eigenvalue weighted by Crippen LogP contribution is 2.12. The Morgan fingerprint density at radius 3 is 2.39 bits per heavy atom. The Bertz CT molecular complexity index is 555. The Morgan fingerprint density at radius 2 is 1.94 bits per heavy atom. The van der Waals surface area contributed by atoms with Crippen molar-refractivity contribution in [1.82, 2.24) is 0 Å². The summed E-state index contributed by atoms with van der Waals surface area (Å²) in [5.74, 6) is -0.0174. The second-order valence-corrected chi connectivity index (χ2v) is 3.52. The number of Topliss-reactive ketones (excluding diaryl/α,β-unsaturated/α-hetero) is 1. The van der Waals surface area contributed by atoms with Crippen molar-refractivity contribution in [2.45, 2.75) is 6.92 Å². The highest BCUT2D eigenvalue weighted by Gasteiger charge is 2.12. The smallest absolute Gasteiger partial charge is 0.212 e. The fourth-order valence-corrected chi connectivity index (χ4v) is 1.22. The molecular weight excluding hydrogens is 230 g/mol. The van der Waals surface area contributed by atoms with Gasteiger partial charge in [-0.25, -0.2) is 0 Å². The molecule has 0 aliphatic carbocycles. The second-order valence-electron chi connectivity index (χ2n) is 3.52. The first kappa shape index (κ1) is 13.3. The third-order valence-electron chi connectivity index (χ3n) is 2.14. The summed E-state index contributed by atoms with van der Waals surface area (Å²) >= 11 is 0. The summed E-state index contributed by atoms with van der Waals surface area (Å²) in [7, 11) is 0. The lowest BCUT2D eigenvalue weighted by atomic mass is 10.1. The number of ketones is 1. The fraction of sp³-hybridized carbons (Fsp3) is 0.154. The number of nitrogens with zero attached hydrogens (tertiary/aromatic N) is 2. The number of allylic oxidation sites excluding steroid dienone is 1. The van der Waals surface area contributed by atoms with Crippen molar-refractivity contribution in [3.8, 4) is 17.9 Å². The molecular formula is C13H11N3O2. The fourth-order valence-electron chi connectivity index (χ4n) is 1.22. The van der Waals surface area contributed by atoms with Gasteiger partial charge in [0.15, 0.2) is 6.61 Å². The lowest BCUT2D eigenvalue weighted by Gasteiger charge is -2.05. The average molecular weight is 241 g/mol. The molecule has 1 aromatic carbocycles. The van der Waals surface area contributed by atoms with Gasteiger partial charge >= 0.3 is 0 Å². The van der Waals surface area contributed by atoms with Crippen LogP contribution in [-0.4, -0.2) is 12.4 Å². The van der Waals surface area contributed by atoms with E-state index in [0.717, 1.165) is 0 Å². The molecule has 1 rings (SSSR count). The molecule has 5 heteroatoms. The van der Waals surface area contributed by atoms with Gasteiger partial charge in [0, 0.05) is 5.70 Å². The minimum absolute atomic E-state index is 0.0938. The van der Waals surface area contributed by atoms with Gasteiger partial charge < -0.3 is 10.5 Å². The van der Waals surface area contributed by atoms with Gasteiger partial charge in [-0.2, -0.15) is 10.5 Å². The molecule has 5 nitrogen and oxygen atoms in total. The minimum Gasteiger partial charge on any atom is -0.485 e. The molecule has 0 heterocycles. The van der Waals surface area contributed by atoms with E-state index in [0.29, 0.717) is 11.3 Å². The number of rotatable bonds is 4. The summed E-state index contributed by atoms with van der Waals surface area (Å²) in [5.41, 5.74) is 5.98. The normalized spacial score (nSPS) is 10.8. The standard InChI is InChI=1S/C13H11N3O2/c1-9(16)12(7-15)13(17)8-18-11-4-2-10(6-14)3-5-11/h2-5H,8,16H2,1H3. The van der Waals surface area contributed by atoms with Crippen molar-refractivity contribution >= 4 is 5.78 Å². The average Bonchev–Trinajstić information content (AvgIpc) is 2.37. The molecule has 18 heavy (non-hydrogen) atoms. The number of ether oxygens (including phenoxy) is 1. The summed E-state index contributed by atoms with van der Waals surface area (Å²) in [6, 6.07) is 10.0. The molecule has 0 saturated heterocycles. The number of nitriles is 2. The molecule has 0 bridgehead atoms. The predicted octanol–water partition coefficient (Wildman–Crippen LogP) is 1.26. The quantitative estimate of drug-likeness (QED) is 0.631. The van der Waals surface area contributed by atoms with Crippen LogP contribution in [0.5, 0.6) is 5.75 Å². The van der Waals surface area contributed by atoms with Crippen molar-refractivity contribution in [3.05, 3.63) is 41.1 Å². The maximum atomic E-state index is 11.6. The van der Waals surface area contributed by atoms with E-state index in [2.05, 4.69) is 0 Å². The molecule has 0 aliphatic heterocycles. The summed E-state index contributed by atoms with van der Waals surface area (Å²) in [6.07, 6.45) is 0. The molecule has 2 N–H and O–H groups in total. The van der Waals surface area contributed by atoms with Crippen LogP contribution in [-0.2, 0) is 4.79 Å². The van der Waals surface area contributed by atoms with E-state index in [1.54, 1.807) is 30.3 Å². The Labute approximate surface area is 105 Å². The Kier molecular flexibility index (Phi) is 4.48. The number of nitrogens with two attached hydrogens (primary N) is 1. The lowest BCUT2D eigenvalue weighted by Crippen LogP contribution is -2.16. The number of hydrogen-bond donors (Lipinski definition) is 1. The lowest BCUT2D eigenvalue weighted by molar-refractivity contribution is -0.117. The highest BCUT2D eigenvalue weighted by atomic mass is 16.5. The third kappa shape index (κ3) is 3.36. The van der Waals surface area contributed by atoms with E-state index in [-0.39, 0.29) is 17.9 Å². The van der Waals surface area contributed by atoms with Crippen LogP contribution in [0.1, 0.15) is 12.5 Å². The molecule has 0 spiro atoms. The zero-order valence-electron chi connectivity index (χ0n) is 9.80. The summed E-state index contributed by atoms with van der Waals surface area (Å²) in [5, 5.41) is 17.3. The summed E-state index contributed by atoms with van der Waals surface area (Å²) < 4.78 is 5.20. The number of carbonyl (C=O) groups excluding carboxylic acids is 1. The summed E-state index contributed by atoms with van der Waals surface area (Å²) in [4.78, 5) is 11.6. The van der Waals surface area contributed by atoms with E-state index >= 15 is 0 Å². The summed E-state index contributed by atoms with van der Waals surface area (Å²) in [6.45, 7) is 1.22.